The molecule has 0 N–H and O–H groups in total. The van der Waals surface area contributed by atoms with Gasteiger partial charge in [-0.05, 0) is 13.8 Å². The highest BCUT2D eigenvalue weighted by molar-refractivity contribution is 7.11. The third-order valence-electron chi connectivity index (χ3n) is 2.23. The lowest BCUT2D eigenvalue weighted by Crippen LogP contribution is -2.04. The van der Waals surface area contributed by atoms with E-state index >= 15 is 0 Å². The van der Waals surface area contributed by atoms with Crippen LogP contribution in [0.4, 0.5) is 0 Å². The maximum Gasteiger partial charge on any atom is 0.177 e. The predicted molar refractivity (Wildman–Crippen MR) is 60.1 cm³/mol. The van der Waals surface area contributed by atoms with E-state index < -0.39 is 0 Å². The number of hydrogen-bond donors (Lipinski definition) is 0. The lowest BCUT2D eigenvalue weighted by atomic mass is 10.3. The van der Waals surface area contributed by atoms with Crippen molar-refractivity contribution in [2.45, 2.75) is 20.4 Å². The first-order chi connectivity index (χ1) is 8.15. The fourth-order valence-corrected chi connectivity index (χ4v) is 2.18. The maximum atomic E-state index is 9.03. The largest absolute Gasteiger partial charge is 0.312 e. The molecule has 0 aliphatic rings. The third kappa shape index (κ3) is 2.01. The van der Waals surface area contributed by atoms with Gasteiger partial charge in [-0.1, -0.05) is 11.3 Å². The molecule has 84 valence electrons. The lowest BCUT2D eigenvalue weighted by Gasteiger charge is -2.02. The number of rotatable bonds is 2. The molecule has 0 saturated carbocycles. The van der Waals surface area contributed by atoms with Gasteiger partial charge in [-0.3, -0.25) is 0 Å². The summed E-state index contributed by atoms with van der Waals surface area (Å²) in [5.74, 6) is 0.631. The number of hydrogen-bond acceptors (Lipinski definition) is 6. The zero-order valence-corrected chi connectivity index (χ0v) is 10.1. The van der Waals surface area contributed by atoms with E-state index in [1.165, 1.54) is 11.3 Å². The van der Waals surface area contributed by atoms with Gasteiger partial charge >= 0.3 is 0 Å². The third-order valence-corrected chi connectivity index (χ3v) is 3.05. The number of aryl methyl sites for hydroxylation is 2. The second kappa shape index (κ2) is 4.32. The molecule has 0 atom stereocenters. The molecule has 0 aliphatic carbocycles. The first-order valence-corrected chi connectivity index (χ1v) is 5.63. The van der Waals surface area contributed by atoms with Crippen molar-refractivity contribution in [2.75, 3.05) is 0 Å². The minimum absolute atomic E-state index is 0.159. The Morgan fingerprint density at radius 2 is 2.00 bits per heavy atom. The summed E-state index contributed by atoms with van der Waals surface area (Å²) in [4.78, 5) is 4.04. The van der Waals surface area contributed by atoms with Crippen LogP contribution in [0.3, 0.4) is 0 Å². The molecule has 2 heterocycles. The van der Waals surface area contributed by atoms with Gasteiger partial charge in [0.15, 0.2) is 11.4 Å². The van der Waals surface area contributed by atoms with Crippen LogP contribution in [0.2, 0.25) is 0 Å². The molecule has 6 nitrogen and oxygen atoms in total. The Morgan fingerprint density at radius 3 is 2.53 bits per heavy atom. The van der Waals surface area contributed by atoms with Crippen molar-refractivity contribution < 1.29 is 0 Å². The Hall–Kier alpha value is -2.25. The average molecular weight is 244 g/mol. The SMILES string of the molecule is Cc1nnc(Cn2c(C)nc(C#N)c2C#N)s1. The Labute approximate surface area is 102 Å². The molecule has 2 aromatic heterocycles. The van der Waals surface area contributed by atoms with E-state index in [0.717, 1.165) is 10.0 Å². The van der Waals surface area contributed by atoms with E-state index in [1.807, 2.05) is 19.1 Å². The van der Waals surface area contributed by atoms with E-state index in [2.05, 4.69) is 15.2 Å². The summed E-state index contributed by atoms with van der Waals surface area (Å²) in [6.45, 7) is 4.05. The highest BCUT2D eigenvalue weighted by atomic mass is 32.1. The van der Waals surface area contributed by atoms with E-state index in [9.17, 15) is 0 Å². The van der Waals surface area contributed by atoms with Crippen molar-refractivity contribution in [1.29, 1.82) is 10.5 Å². The van der Waals surface area contributed by atoms with Crippen molar-refractivity contribution in [3.8, 4) is 12.1 Å². The van der Waals surface area contributed by atoms with Crippen LogP contribution in [0.15, 0.2) is 0 Å². The van der Waals surface area contributed by atoms with Crippen molar-refractivity contribution in [1.82, 2.24) is 19.7 Å². The molecule has 0 saturated heterocycles. The van der Waals surface area contributed by atoms with Gasteiger partial charge in [0.2, 0.25) is 0 Å². The molecule has 0 unspecified atom stereocenters. The summed E-state index contributed by atoms with van der Waals surface area (Å²) in [5.41, 5.74) is 0.434. The summed E-state index contributed by atoms with van der Waals surface area (Å²) in [6, 6.07) is 3.91. The summed E-state index contributed by atoms with van der Waals surface area (Å²) in [5, 5.41) is 27.5. The number of nitriles is 2. The van der Waals surface area contributed by atoms with Crippen LogP contribution >= 0.6 is 11.3 Å². The van der Waals surface area contributed by atoms with E-state index in [-0.39, 0.29) is 11.4 Å². The average Bonchev–Trinajstić information content (AvgIpc) is 2.84. The highest BCUT2D eigenvalue weighted by Crippen LogP contribution is 2.15. The van der Waals surface area contributed by atoms with Crippen molar-refractivity contribution in [3.05, 3.63) is 27.2 Å². The van der Waals surface area contributed by atoms with Gasteiger partial charge in [0.25, 0.3) is 0 Å². The Balaban J connectivity index is 2.43. The fourth-order valence-electron chi connectivity index (χ4n) is 1.49. The van der Waals surface area contributed by atoms with Crippen LogP contribution in [0, 0.1) is 36.5 Å². The predicted octanol–water partition coefficient (Wildman–Crippen LogP) is 1.14. The van der Waals surface area contributed by atoms with Gasteiger partial charge in [0.1, 0.15) is 28.0 Å². The molecule has 0 fully saturated rings. The van der Waals surface area contributed by atoms with Gasteiger partial charge in [0, 0.05) is 0 Å². The second-order valence-corrected chi connectivity index (χ2v) is 4.65. The van der Waals surface area contributed by atoms with Crippen molar-refractivity contribution >= 4 is 11.3 Å². The van der Waals surface area contributed by atoms with Crippen LogP contribution < -0.4 is 0 Å². The van der Waals surface area contributed by atoms with Crippen LogP contribution in [-0.2, 0) is 6.54 Å². The smallest absolute Gasteiger partial charge is 0.177 e. The normalized spacial score (nSPS) is 9.88. The molecule has 0 aliphatic heterocycles. The lowest BCUT2D eigenvalue weighted by molar-refractivity contribution is 0.736. The Morgan fingerprint density at radius 1 is 1.24 bits per heavy atom. The molecule has 17 heavy (non-hydrogen) atoms. The summed E-state index contributed by atoms with van der Waals surface area (Å²) in [7, 11) is 0. The molecule has 0 amide bonds. The van der Waals surface area contributed by atoms with Crippen LogP contribution in [0.25, 0.3) is 0 Å². The van der Waals surface area contributed by atoms with E-state index in [1.54, 1.807) is 11.5 Å². The molecule has 2 aromatic rings. The zero-order valence-electron chi connectivity index (χ0n) is 9.30. The second-order valence-electron chi connectivity index (χ2n) is 3.38. The number of nitrogens with zero attached hydrogens (tertiary/aromatic N) is 6. The zero-order chi connectivity index (χ0) is 12.4. The summed E-state index contributed by atoms with van der Waals surface area (Å²) in [6.07, 6.45) is 0. The first-order valence-electron chi connectivity index (χ1n) is 4.82. The minimum atomic E-state index is 0.159. The maximum absolute atomic E-state index is 9.03. The van der Waals surface area contributed by atoms with E-state index in [0.29, 0.717) is 12.4 Å². The van der Waals surface area contributed by atoms with Gasteiger partial charge < -0.3 is 4.57 Å². The first kappa shape index (κ1) is 11.2. The molecule has 0 spiro atoms. The summed E-state index contributed by atoms with van der Waals surface area (Å²) < 4.78 is 1.68. The summed E-state index contributed by atoms with van der Waals surface area (Å²) >= 11 is 1.46. The Bertz CT molecular complexity index is 639. The van der Waals surface area contributed by atoms with Crippen LogP contribution in [0.1, 0.15) is 27.2 Å². The van der Waals surface area contributed by atoms with Crippen molar-refractivity contribution in [3.63, 3.8) is 0 Å². The molecule has 0 aromatic carbocycles. The monoisotopic (exact) mass is 244 g/mol. The van der Waals surface area contributed by atoms with Gasteiger partial charge in [0.05, 0.1) is 6.54 Å². The molecular formula is C10H8N6S. The van der Waals surface area contributed by atoms with Crippen LogP contribution in [0.5, 0.6) is 0 Å². The number of aromatic nitrogens is 4. The van der Waals surface area contributed by atoms with Gasteiger partial charge in [-0.25, -0.2) is 4.98 Å². The van der Waals surface area contributed by atoms with Crippen molar-refractivity contribution in [2.24, 2.45) is 0 Å². The standard InChI is InChI=1S/C10H8N6S/c1-6-13-8(3-11)9(4-12)16(6)5-10-15-14-7(2)17-10/h5H2,1-2H3. The topological polar surface area (TPSA) is 91.2 Å². The molecule has 2 rings (SSSR count). The van der Waals surface area contributed by atoms with Gasteiger partial charge in [-0.2, -0.15) is 10.5 Å². The number of imidazole rings is 1. The molecular weight excluding hydrogens is 236 g/mol. The highest BCUT2D eigenvalue weighted by Gasteiger charge is 2.15. The molecule has 0 bridgehead atoms. The van der Waals surface area contributed by atoms with Crippen LogP contribution in [-0.4, -0.2) is 19.7 Å². The fraction of sp³-hybridized carbons (Fsp3) is 0.300. The Kier molecular flexibility index (Phi) is 2.86. The molecule has 0 radical (unpaired) electrons. The van der Waals surface area contributed by atoms with Gasteiger partial charge in [-0.15, -0.1) is 10.2 Å². The minimum Gasteiger partial charge on any atom is -0.312 e. The van der Waals surface area contributed by atoms with E-state index in [4.69, 9.17) is 10.5 Å². The molecule has 7 heteroatoms. The quantitative estimate of drug-likeness (QED) is 0.790.